The van der Waals surface area contributed by atoms with Gasteiger partial charge in [-0.25, -0.2) is 9.78 Å². The molecule has 1 aliphatic heterocycles. The Kier molecular flexibility index (Phi) is 1.94. The molecule has 0 amide bonds. The molecule has 0 aromatic heterocycles. The van der Waals surface area contributed by atoms with Crippen LogP contribution < -0.4 is 0 Å². The fourth-order valence-corrected chi connectivity index (χ4v) is 2.36. The average molecular weight is 255 g/mol. The van der Waals surface area contributed by atoms with Gasteiger partial charge >= 0.3 is 0 Å². The second-order valence-corrected chi connectivity index (χ2v) is 4.95. The first kappa shape index (κ1) is 8.89. The van der Waals surface area contributed by atoms with Gasteiger partial charge in [0.1, 0.15) is 11.7 Å². The summed E-state index contributed by atoms with van der Waals surface area (Å²) in [5, 5.41) is 0. The smallest absolute Gasteiger partial charge is 0.150 e. The van der Waals surface area contributed by atoms with Crippen molar-refractivity contribution in [2.45, 2.75) is 31.0 Å². The van der Waals surface area contributed by atoms with E-state index in [2.05, 4.69) is 28.1 Å². The molecule has 1 saturated carbocycles. The van der Waals surface area contributed by atoms with E-state index in [-0.39, 0.29) is 11.7 Å². The lowest BCUT2D eigenvalue weighted by atomic mass is 9.73. The third-order valence-electron chi connectivity index (χ3n) is 3.16. The maximum atomic E-state index is 5.24. The third kappa shape index (κ3) is 1.16. The van der Waals surface area contributed by atoms with Crippen molar-refractivity contribution in [1.29, 1.82) is 0 Å². The Bertz CT molecular complexity index is 337. The lowest BCUT2D eigenvalue weighted by molar-refractivity contribution is -0.532. The molecule has 1 saturated heterocycles. The molecule has 2 aliphatic rings. The summed E-state index contributed by atoms with van der Waals surface area (Å²) in [4.78, 5) is 10.4. The first-order valence-electron chi connectivity index (χ1n) is 4.90. The van der Waals surface area contributed by atoms with E-state index in [9.17, 15) is 0 Å². The Hall–Kier alpha value is -0.380. The second kappa shape index (κ2) is 3.05. The molecular formula is C11H11BrO2. The van der Waals surface area contributed by atoms with Crippen LogP contribution in [0.25, 0.3) is 0 Å². The first-order valence-corrected chi connectivity index (χ1v) is 5.69. The zero-order chi connectivity index (χ0) is 9.60. The molecule has 0 radical (unpaired) electrons. The van der Waals surface area contributed by atoms with Crippen LogP contribution in [0.15, 0.2) is 28.7 Å². The van der Waals surface area contributed by atoms with Crippen molar-refractivity contribution in [1.82, 2.24) is 0 Å². The van der Waals surface area contributed by atoms with Crippen molar-refractivity contribution in [3.8, 4) is 0 Å². The van der Waals surface area contributed by atoms with Gasteiger partial charge in [-0.15, -0.1) is 0 Å². The molecule has 1 heterocycles. The molecular weight excluding hydrogens is 244 g/mol. The molecule has 1 atom stereocenters. The Morgan fingerprint density at radius 2 is 1.93 bits per heavy atom. The normalized spacial score (nSPS) is 28.2. The summed E-state index contributed by atoms with van der Waals surface area (Å²) in [5.74, 6) is 0. The summed E-state index contributed by atoms with van der Waals surface area (Å²) in [6, 6.07) is 8.28. The topological polar surface area (TPSA) is 18.5 Å². The summed E-state index contributed by atoms with van der Waals surface area (Å²) in [7, 11) is 0. The fraction of sp³-hybridized carbons (Fsp3) is 0.455. The van der Waals surface area contributed by atoms with Gasteiger partial charge in [-0.1, -0.05) is 28.1 Å². The van der Waals surface area contributed by atoms with Gasteiger partial charge in [0.25, 0.3) is 0 Å². The predicted molar refractivity (Wildman–Crippen MR) is 55.6 cm³/mol. The van der Waals surface area contributed by atoms with Crippen LogP contribution in [0.5, 0.6) is 0 Å². The minimum Gasteiger partial charge on any atom is -0.226 e. The van der Waals surface area contributed by atoms with Crippen molar-refractivity contribution in [2.75, 3.05) is 0 Å². The van der Waals surface area contributed by atoms with Crippen LogP contribution in [0.3, 0.4) is 0 Å². The SMILES string of the molecule is Brc1ccc(C2OOC23CCC3)cc1. The molecule has 14 heavy (non-hydrogen) atoms. The molecule has 0 bridgehead atoms. The molecule has 3 rings (SSSR count). The largest absolute Gasteiger partial charge is 0.226 e. The molecule has 3 heteroatoms. The Morgan fingerprint density at radius 3 is 2.36 bits per heavy atom. The van der Waals surface area contributed by atoms with Gasteiger partial charge in [0.2, 0.25) is 0 Å². The maximum absolute atomic E-state index is 5.24. The summed E-state index contributed by atoms with van der Waals surface area (Å²) in [6.07, 6.45) is 3.68. The number of rotatable bonds is 1. The van der Waals surface area contributed by atoms with Crippen LogP contribution in [0.2, 0.25) is 0 Å². The number of benzene rings is 1. The van der Waals surface area contributed by atoms with Crippen LogP contribution in [-0.2, 0) is 9.78 Å². The maximum Gasteiger partial charge on any atom is 0.150 e. The van der Waals surface area contributed by atoms with Gasteiger partial charge in [0.05, 0.1) is 0 Å². The van der Waals surface area contributed by atoms with Crippen molar-refractivity contribution >= 4 is 15.9 Å². The highest BCUT2D eigenvalue weighted by Gasteiger charge is 2.56. The zero-order valence-corrected chi connectivity index (χ0v) is 9.29. The average Bonchev–Trinajstić information content (AvgIpc) is 2.04. The number of hydrogen-bond donors (Lipinski definition) is 0. The number of hydrogen-bond acceptors (Lipinski definition) is 2. The fourth-order valence-electron chi connectivity index (χ4n) is 2.10. The first-order chi connectivity index (χ1) is 6.80. The van der Waals surface area contributed by atoms with E-state index >= 15 is 0 Å². The van der Waals surface area contributed by atoms with E-state index < -0.39 is 0 Å². The highest BCUT2D eigenvalue weighted by molar-refractivity contribution is 9.10. The second-order valence-electron chi connectivity index (χ2n) is 4.03. The van der Waals surface area contributed by atoms with Gasteiger partial charge in [0, 0.05) is 4.47 Å². The number of halogens is 1. The van der Waals surface area contributed by atoms with E-state index in [0.717, 1.165) is 17.3 Å². The summed E-state index contributed by atoms with van der Waals surface area (Å²) >= 11 is 3.42. The van der Waals surface area contributed by atoms with E-state index in [1.165, 1.54) is 12.0 Å². The molecule has 2 fully saturated rings. The van der Waals surface area contributed by atoms with Crippen LogP contribution in [-0.4, -0.2) is 5.60 Å². The lowest BCUT2D eigenvalue weighted by Crippen LogP contribution is -2.55. The highest BCUT2D eigenvalue weighted by Crippen LogP contribution is 2.54. The van der Waals surface area contributed by atoms with Gasteiger partial charge in [-0.3, -0.25) is 0 Å². The molecule has 74 valence electrons. The summed E-state index contributed by atoms with van der Waals surface area (Å²) in [6.45, 7) is 0. The Balaban J connectivity index is 1.85. The highest BCUT2D eigenvalue weighted by atomic mass is 79.9. The van der Waals surface area contributed by atoms with Crippen molar-refractivity contribution in [3.63, 3.8) is 0 Å². The van der Waals surface area contributed by atoms with Gasteiger partial charge in [-0.2, -0.15) is 0 Å². The minimum absolute atomic E-state index is 0.0217. The van der Waals surface area contributed by atoms with Crippen molar-refractivity contribution in [2.24, 2.45) is 0 Å². The van der Waals surface area contributed by atoms with E-state index in [0.29, 0.717) is 0 Å². The third-order valence-corrected chi connectivity index (χ3v) is 3.69. The van der Waals surface area contributed by atoms with Gasteiger partial charge < -0.3 is 0 Å². The van der Waals surface area contributed by atoms with Gasteiger partial charge in [-0.05, 0) is 37.0 Å². The van der Waals surface area contributed by atoms with Crippen molar-refractivity contribution in [3.05, 3.63) is 34.3 Å². The molecule has 1 unspecified atom stereocenters. The van der Waals surface area contributed by atoms with Crippen LogP contribution in [0.4, 0.5) is 0 Å². The van der Waals surface area contributed by atoms with E-state index in [1.54, 1.807) is 0 Å². The van der Waals surface area contributed by atoms with Crippen LogP contribution >= 0.6 is 15.9 Å². The van der Waals surface area contributed by atoms with Crippen LogP contribution in [0, 0.1) is 0 Å². The quantitative estimate of drug-likeness (QED) is 0.716. The van der Waals surface area contributed by atoms with Crippen LogP contribution in [0.1, 0.15) is 30.9 Å². The lowest BCUT2D eigenvalue weighted by Gasteiger charge is -2.52. The zero-order valence-electron chi connectivity index (χ0n) is 7.70. The molecule has 0 N–H and O–H groups in total. The monoisotopic (exact) mass is 254 g/mol. The summed E-state index contributed by atoms with van der Waals surface area (Å²) < 4.78 is 1.10. The Morgan fingerprint density at radius 1 is 1.21 bits per heavy atom. The van der Waals surface area contributed by atoms with E-state index in [4.69, 9.17) is 9.78 Å². The van der Waals surface area contributed by atoms with Crippen molar-refractivity contribution < 1.29 is 9.78 Å². The molecule has 1 aromatic carbocycles. The molecule has 1 aliphatic carbocycles. The molecule has 1 aromatic rings. The molecule has 2 nitrogen and oxygen atoms in total. The predicted octanol–water partition coefficient (Wildman–Crippen LogP) is 3.37. The summed E-state index contributed by atoms with van der Waals surface area (Å²) in [5.41, 5.74) is 1.24. The minimum atomic E-state index is 0.0217. The van der Waals surface area contributed by atoms with E-state index in [1.807, 2.05) is 12.1 Å². The molecule has 1 spiro atoms. The van der Waals surface area contributed by atoms with Gasteiger partial charge in [0.15, 0.2) is 0 Å². The standard InChI is InChI=1S/C11H11BrO2/c12-9-4-2-8(3-5-9)10-11(14-13-10)6-1-7-11/h2-5,10H,1,6-7H2. The Labute approximate surface area is 91.3 Å².